The highest BCUT2D eigenvalue weighted by Gasteiger charge is 2.16. The van der Waals surface area contributed by atoms with E-state index in [-0.39, 0.29) is 12.5 Å². The van der Waals surface area contributed by atoms with Crippen LogP contribution in [0.25, 0.3) is 10.9 Å². The van der Waals surface area contributed by atoms with Crippen LogP contribution < -0.4 is 11.1 Å². The first kappa shape index (κ1) is 13.5. The SMILES string of the molecule is COC(CN)C(=O)Nc1cccc2ccc(C)nc12. The minimum absolute atomic E-state index is 0.138. The van der Waals surface area contributed by atoms with Crippen molar-refractivity contribution in [3.05, 3.63) is 36.0 Å². The number of para-hydroxylation sites is 1. The lowest BCUT2D eigenvalue weighted by atomic mass is 10.1. The normalized spacial score (nSPS) is 12.4. The quantitative estimate of drug-likeness (QED) is 0.871. The third-order valence-electron chi connectivity index (χ3n) is 2.91. The molecule has 1 atom stereocenters. The lowest BCUT2D eigenvalue weighted by Gasteiger charge is -2.14. The smallest absolute Gasteiger partial charge is 0.254 e. The molecule has 1 amide bonds. The molecule has 19 heavy (non-hydrogen) atoms. The fourth-order valence-electron chi connectivity index (χ4n) is 1.87. The topological polar surface area (TPSA) is 77.2 Å². The van der Waals surface area contributed by atoms with E-state index in [9.17, 15) is 4.79 Å². The molecular formula is C14H17N3O2. The standard InChI is InChI=1S/C14H17N3O2/c1-9-6-7-10-4-3-5-11(13(10)16-9)17-14(18)12(8-15)19-2/h3-7,12H,8,15H2,1-2H3,(H,17,18). The number of aryl methyl sites for hydroxylation is 1. The summed E-state index contributed by atoms with van der Waals surface area (Å²) in [6, 6.07) is 9.55. The molecule has 0 aliphatic carbocycles. The molecule has 3 N–H and O–H groups in total. The van der Waals surface area contributed by atoms with E-state index in [0.717, 1.165) is 16.6 Å². The number of carbonyl (C=O) groups excluding carboxylic acids is 1. The zero-order valence-corrected chi connectivity index (χ0v) is 11.0. The van der Waals surface area contributed by atoms with Crippen LogP contribution in [0.2, 0.25) is 0 Å². The fourth-order valence-corrected chi connectivity index (χ4v) is 1.87. The van der Waals surface area contributed by atoms with Gasteiger partial charge in [-0.1, -0.05) is 18.2 Å². The van der Waals surface area contributed by atoms with Gasteiger partial charge in [0.1, 0.15) is 6.10 Å². The minimum atomic E-state index is -0.653. The maximum atomic E-state index is 12.0. The van der Waals surface area contributed by atoms with Crippen molar-refractivity contribution in [1.82, 2.24) is 4.98 Å². The van der Waals surface area contributed by atoms with Crippen molar-refractivity contribution < 1.29 is 9.53 Å². The number of hydrogen-bond acceptors (Lipinski definition) is 4. The minimum Gasteiger partial charge on any atom is -0.370 e. The zero-order chi connectivity index (χ0) is 13.8. The average molecular weight is 259 g/mol. The van der Waals surface area contributed by atoms with E-state index >= 15 is 0 Å². The molecule has 0 saturated heterocycles. The van der Waals surface area contributed by atoms with Crippen LogP contribution in [0.1, 0.15) is 5.69 Å². The number of anilines is 1. The summed E-state index contributed by atoms with van der Waals surface area (Å²) in [6.07, 6.45) is -0.653. The number of hydrogen-bond donors (Lipinski definition) is 2. The first-order valence-electron chi connectivity index (χ1n) is 6.06. The van der Waals surface area contributed by atoms with Crippen molar-refractivity contribution in [2.45, 2.75) is 13.0 Å². The number of carbonyl (C=O) groups is 1. The third kappa shape index (κ3) is 2.89. The predicted molar refractivity (Wildman–Crippen MR) is 75.0 cm³/mol. The van der Waals surface area contributed by atoms with Crippen LogP contribution in [0.3, 0.4) is 0 Å². The molecule has 1 aromatic carbocycles. The first-order valence-corrected chi connectivity index (χ1v) is 6.06. The predicted octanol–water partition coefficient (Wildman–Crippen LogP) is 1.46. The van der Waals surface area contributed by atoms with Crippen LogP contribution in [0.5, 0.6) is 0 Å². The molecule has 1 heterocycles. The summed E-state index contributed by atoms with van der Waals surface area (Å²) in [7, 11) is 1.46. The molecule has 0 fully saturated rings. The van der Waals surface area contributed by atoms with Gasteiger partial charge in [-0.15, -0.1) is 0 Å². The number of nitrogens with two attached hydrogens (primary N) is 1. The number of ether oxygens (including phenoxy) is 1. The van der Waals surface area contributed by atoms with Gasteiger partial charge in [0, 0.05) is 24.7 Å². The van der Waals surface area contributed by atoms with Crippen molar-refractivity contribution in [3.8, 4) is 0 Å². The number of methoxy groups -OCH3 is 1. The number of amides is 1. The van der Waals surface area contributed by atoms with E-state index in [0.29, 0.717) is 5.69 Å². The number of nitrogens with zero attached hydrogens (tertiary/aromatic N) is 1. The van der Waals surface area contributed by atoms with Gasteiger partial charge in [-0.2, -0.15) is 0 Å². The molecule has 100 valence electrons. The first-order chi connectivity index (χ1) is 9.15. The highest BCUT2D eigenvalue weighted by Crippen LogP contribution is 2.21. The van der Waals surface area contributed by atoms with E-state index in [4.69, 9.17) is 10.5 Å². The number of benzene rings is 1. The van der Waals surface area contributed by atoms with E-state index < -0.39 is 6.10 Å². The van der Waals surface area contributed by atoms with E-state index in [1.54, 1.807) is 0 Å². The molecule has 2 aromatic rings. The summed E-state index contributed by atoms with van der Waals surface area (Å²) < 4.78 is 5.01. The second kappa shape index (κ2) is 5.77. The molecule has 0 bridgehead atoms. The van der Waals surface area contributed by atoms with Crippen LogP contribution in [0.4, 0.5) is 5.69 Å². The van der Waals surface area contributed by atoms with Gasteiger partial charge < -0.3 is 15.8 Å². The molecule has 0 saturated carbocycles. The molecule has 5 heteroatoms. The lowest BCUT2D eigenvalue weighted by molar-refractivity contribution is -0.125. The van der Waals surface area contributed by atoms with Crippen molar-refractivity contribution in [2.75, 3.05) is 19.0 Å². The third-order valence-corrected chi connectivity index (χ3v) is 2.91. The molecule has 1 aromatic heterocycles. The van der Waals surface area contributed by atoms with Crippen LogP contribution in [-0.4, -0.2) is 30.6 Å². The van der Waals surface area contributed by atoms with E-state index in [1.165, 1.54) is 7.11 Å². The molecule has 0 aliphatic rings. The number of fused-ring (bicyclic) bond motifs is 1. The Morgan fingerprint density at radius 3 is 2.89 bits per heavy atom. The summed E-state index contributed by atoms with van der Waals surface area (Å²) in [5.41, 5.74) is 7.81. The Morgan fingerprint density at radius 1 is 1.42 bits per heavy atom. The Labute approximate surface area is 111 Å². The maximum absolute atomic E-state index is 12.0. The van der Waals surface area contributed by atoms with Crippen LogP contribution in [0, 0.1) is 6.92 Å². The van der Waals surface area contributed by atoms with Gasteiger partial charge in [-0.3, -0.25) is 9.78 Å². The largest absolute Gasteiger partial charge is 0.370 e. The Bertz CT molecular complexity index is 594. The molecule has 1 unspecified atom stereocenters. The van der Waals surface area contributed by atoms with Gasteiger partial charge in [-0.25, -0.2) is 0 Å². The Balaban J connectivity index is 2.35. The maximum Gasteiger partial charge on any atom is 0.254 e. The lowest BCUT2D eigenvalue weighted by Crippen LogP contribution is -2.35. The summed E-state index contributed by atoms with van der Waals surface area (Å²) >= 11 is 0. The zero-order valence-electron chi connectivity index (χ0n) is 11.0. The molecule has 5 nitrogen and oxygen atoms in total. The van der Waals surface area contributed by atoms with Gasteiger partial charge in [0.05, 0.1) is 11.2 Å². The van der Waals surface area contributed by atoms with Crippen molar-refractivity contribution in [2.24, 2.45) is 5.73 Å². The van der Waals surface area contributed by atoms with Crippen LogP contribution >= 0.6 is 0 Å². The summed E-state index contributed by atoms with van der Waals surface area (Å²) in [6.45, 7) is 2.05. The van der Waals surface area contributed by atoms with Crippen molar-refractivity contribution in [1.29, 1.82) is 0 Å². The summed E-state index contributed by atoms with van der Waals surface area (Å²) in [4.78, 5) is 16.4. The van der Waals surface area contributed by atoms with Gasteiger partial charge in [0.2, 0.25) is 0 Å². The molecule has 0 radical (unpaired) electrons. The molecular weight excluding hydrogens is 242 g/mol. The monoisotopic (exact) mass is 259 g/mol. The summed E-state index contributed by atoms with van der Waals surface area (Å²) in [5, 5.41) is 3.78. The highest BCUT2D eigenvalue weighted by molar-refractivity contribution is 6.02. The molecule has 0 spiro atoms. The number of rotatable bonds is 4. The number of aromatic nitrogens is 1. The number of pyridine rings is 1. The summed E-state index contributed by atoms with van der Waals surface area (Å²) in [5.74, 6) is -0.263. The highest BCUT2D eigenvalue weighted by atomic mass is 16.5. The second-order valence-corrected chi connectivity index (χ2v) is 4.28. The Morgan fingerprint density at radius 2 is 2.21 bits per heavy atom. The van der Waals surface area contributed by atoms with E-state index in [1.807, 2.05) is 37.3 Å². The van der Waals surface area contributed by atoms with Crippen molar-refractivity contribution >= 4 is 22.5 Å². The van der Waals surface area contributed by atoms with E-state index in [2.05, 4.69) is 10.3 Å². The Kier molecular flexibility index (Phi) is 4.09. The second-order valence-electron chi connectivity index (χ2n) is 4.28. The Hall–Kier alpha value is -1.98. The average Bonchev–Trinajstić information content (AvgIpc) is 2.41. The van der Waals surface area contributed by atoms with Crippen LogP contribution in [-0.2, 0) is 9.53 Å². The van der Waals surface area contributed by atoms with Gasteiger partial charge in [-0.05, 0) is 19.1 Å². The van der Waals surface area contributed by atoms with Gasteiger partial charge in [0.25, 0.3) is 5.91 Å². The molecule has 2 rings (SSSR count). The number of nitrogens with one attached hydrogen (secondary N) is 1. The van der Waals surface area contributed by atoms with Gasteiger partial charge in [0.15, 0.2) is 0 Å². The molecule has 0 aliphatic heterocycles. The fraction of sp³-hybridized carbons (Fsp3) is 0.286. The van der Waals surface area contributed by atoms with Gasteiger partial charge >= 0.3 is 0 Å². The van der Waals surface area contributed by atoms with Crippen LogP contribution in [0.15, 0.2) is 30.3 Å². The van der Waals surface area contributed by atoms with Crippen molar-refractivity contribution in [3.63, 3.8) is 0 Å².